The zero-order chi connectivity index (χ0) is 28.0. The average Bonchev–Trinajstić information content (AvgIpc) is 3.39. The molecular formula is C35H35F3N2O. The van der Waals surface area contributed by atoms with E-state index in [4.69, 9.17) is 9.73 Å². The number of allylic oxidation sites excluding steroid dienone is 5. The van der Waals surface area contributed by atoms with Crippen LogP contribution in [-0.4, -0.2) is 24.5 Å². The van der Waals surface area contributed by atoms with Crippen LogP contribution in [0.2, 0.25) is 0 Å². The van der Waals surface area contributed by atoms with Gasteiger partial charge in [-0.3, -0.25) is 4.99 Å². The summed E-state index contributed by atoms with van der Waals surface area (Å²) in [6.07, 6.45) is 13.5. The summed E-state index contributed by atoms with van der Waals surface area (Å²) in [5, 5.41) is 3.07. The Morgan fingerprint density at radius 1 is 0.976 bits per heavy atom. The lowest BCUT2D eigenvalue weighted by Crippen LogP contribution is -2.39. The van der Waals surface area contributed by atoms with E-state index in [0.29, 0.717) is 23.5 Å². The standard InChI is InChI=1S/C35H35F3N2O/c36-35(37,38)28-20-33-34(39-21-28)29-17-26(15-16-32(29)41-33)22-11-13-23(14-12-22)27-18-30(24-7-3-1-4-8-24)40-31(19-27)25-9-5-2-6-10-25/h1,3-5,7-9,11,15-18,20,23,25,27,33-34,39H,2,6,10,12-14,19,21H2. The zero-order valence-corrected chi connectivity index (χ0v) is 23.0. The molecule has 0 aromatic heterocycles. The van der Waals surface area contributed by atoms with E-state index in [0.717, 1.165) is 42.5 Å². The fourth-order valence-electron chi connectivity index (χ4n) is 7.16. The lowest BCUT2D eigenvalue weighted by molar-refractivity contribution is -0.0951. The van der Waals surface area contributed by atoms with Gasteiger partial charge in [0, 0.05) is 29.3 Å². The maximum absolute atomic E-state index is 13.2. The number of hydrogen-bond acceptors (Lipinski definition) is 3. The Morgan fingerprint density at radius 3 is 2.61 bits per heavy atom. The zero-order valence-electron chi connectivity index (χ0n) is 23.0. The first-order valence-electron chi connectivity index (χ1n) is 14.9. The summed E-state index contributed by atoms with van der Waals surface area (Å²) >= 11 is 0. The first kappa shape index (κ1) is 26.5. The number of benzene rings is 2. The Hall–Kier alpha value is -3.38. The molecule has 3 aliphatic heterocycles. The summed E-state index contributed by atoms with van der Waals surface area (Å²) in [5.41, 5.74) is 6.50. The summed E-state index contributed by atoms with van der Waals surface area (Å²) in [7, 11) is 0. The van der Waals surface area contributed by atoms with Gasteiger partial charge < -0.3 is 10.1 Å². The molecule has 5 atom stereocenters. The molecule has 0 amide bonds. The highest BCUT2D eigenvalue weighted by Crippen LogP contribution is 2.45. The molecule has 1 N–H and O–H groups in total. The Balaban J connectivity index is 1.09. The van der Waals surface area contributed by atoms with Gasteiger partial charge in [0.2, 0.25) is 0 Å². The fourth-order valence-corrected chi connectivity index (χ4v) is 7.16. The van der Waals surface area contributed by atoms with E-state index in [9.17, 15) is 13.2 Å². The number of nitrogens with zero attached hydrogens (tertiary/aromatic N) is 1. The van der Waals surface area contributed by atoms with Crippen molar-refractivity contribution in [2.24, 2.45) is 22.7 Å². The molecule has 0 spiro atoms. The van der Waals surface area contributed by atoms with Gasteiger partial charge in [-0.1, -0.05) is 60.7 Å². The monoisotopic (exact) mass is 556 g/mol. The summed E-state index contributed by atoms with van der Waals surface area (Å²) in [4.78, 5) is 5.19. The van der Waals surface area contributed by atoms with Crippen molar-refractivity contribution in [3.8, 4) is 5.75 Å². The molecular weight excluding hydrogens is 521 g/mol. The van der Waals surface area contributed by atoms with Gasteiger partial charge in [0.25, 0.3) is 0 Å². The molecule has 0 bridgehead atoms. The summed E-state index contributed by atoms with van der Waals surface area (Å²) in [6.45, 7) is -0.191. The van der Waals surface area contributed by atoms with Crippen molar-refractivity contribution in [3.63, 3.8) is 0 Å². The van der Waals surface area contributed by atoms with Gasteiger partial charge in [-0.05, 0) is 91.7 Å². The van der Waals surface area contributed by atoms with Gasteiger partial charge in [0.1, 0.15) is 11.9 Å². The highest BCUT2D eigenvalue weighted by Gasteiger charge is 2.42. The molecule has 2 aromatic carbocycles. The number of halogens is 3. The maximum atomic E-state index is 13.2. The number of rotatable bonds is 4. The van der Waals surface area contributed by atoms with Crippen molar-refractivity contribution in [2.45, 2.75) is 63.3 Å². The average molecular weight is 557 g/mol. The molecule has 2 aliphatic carbocycles. The van der Waals surface area contributed by atoms with Gasteiger partial charge in [0.15, 0.2) is 0 Å². The molecule has 3 nitrogen and oxygen atoms in total. The number of nitrogens with one attached hydrogen (secondary N) is 1. The Bertz CT molecular complexity index is 1470. The van der Waals surface area contributed by atoms with Crippen LogP contribution in [-0.2, 0) is 0 Å². The first-order valence-corrected chi connectivity index (χ1v) is 14.9. The van der Waals surface area contributed by atoms with E-state index in [1.807, 2.05) is 6.07 Å². The highest BCUT2D eigenvalue weighted by atomic mass is 19.4. The highest BCUT2D eigenvalue weighted by molar-refractivity contribution is 5.95. The molecule has 212 valence electrons. The second kappa shape index (κ2) is 10.8. The van der Waals surface area contributed by atoms with E-state index in [2.05, 4.69) is 72.1 Å². The lowest BCUT2D eigenvalue weighted by Gasteiger charge is -2.33. The smallest absolute Gasteiger partial charge is 0.413 e. The number of alkyl halides is 3. The molecule has 6 heteroatoms. The topological polar surface area (TPSA) is 33.6 Å². The normalized spacial score (nSPS) is 29.4. The first-order chi connectivity index (χ1) is 19.9. The van der Waals surface area contributed by atoms with Crippen LogP contribution in [0.1, 0.15) is 67.7 Å². The van der Waals surface area contributed by atoms with Crippen LogP contribution in [0.25, 0.3) is 11.3 Å². The lowest BCUT2D eigenvalue weighted by atomic mass is 9.74. The molecule has 0 saturated heterocycles. The van der Waals surface area contributed by atoms with Crippen molar-refractivity contribution in [1.29, 1.82) is 0 Å². The largest absolute Gasteiger partial charge is 0.484 e. The van der Waals surface area contributed by atoms with Crippen LogP contribution in [0.3, 0.4) is 0 Å². The second-order valence-electron chi connectivity index (χ2n) is 12.0. The van der Waals surface area contributed by atoms with Crippen LogP contribution in [0, 0.1) is 17.8 Å². The predicted octanol–water partition coefficient (Wildman–Crippen LogP) is 8.62. The van der Waals surface area contributed by atoms with Gasteiger partial charge in [0.05, 0.1) is 11.7 Å². The molecule has 0 saturated carbocycles. The molecule has 41 heavy (non-hydrogen) atoms. The minimum absolute atomic E-state index is 0.191. The van der Waals surface area contributed by atoms with E-state index in [1.54, 1.807) is 0 Å². The third kappa shape index (κ3) is 5.34. The Morgan fingerprint density at radius 2 is 1.85 bits per heavy atom. The summed E-state index contributed by atoms with van der Waals surface area (Å²) < 4.78 is 45.6. The quantitative estimate of drug-likeness (QED) is 0.383. The number of hydrogen-bond donors (Lipinski definition) is 1. The maximum Gasteiger partial charge on any atom is 0.413 e. The van der Waals surface area contributed by atoms with E-state index < -0.39 is 17.9 Å². The summed E-state index contributed by atoms with van der Waals surface area (Å²) in [5.74, 6) is 2.14. The third-order valence-corrected chi connectivity index (χ3v) is 9.44. The van der Waals surface area contributed by atoms with Gasteiger partial charge in [-0.25, -0.2) is 0 Å². The Kier molecular flexibility index (Phi) is 6.98. The number of fused-ring (bicyclic) bond motifs is 3. The molecule has 5 unspecified atom stereocenters. The van der Waals surface area contributed by atoms with Crippen molar-refractivity contribution >= 4 is 17.0 Å². The van der Waals surface area contributed by atoms with Gasteiger partial charge in [-0.2, -0.15) is 13.2 Å². The SMILES string of the molecule is FC(F)(F)C1=CC2Oc3ccc(C4=CCC(C5C=C(c6ccccc6)N=C(C6C=CCCC6)C5)CC4)cc3C2NC1. The summed E-state index contributed by atoms with van der Waals surface area (Å²) in [6, 6.07) is 16.4. The number of aliphatic imine (C=N–C) groups is 1. The Labute approximate surface area is 239 Å². The van der Waals surface area contributed by atoms with Gasteiger partial charge >= 0.3 is 6.18 Å². The number of ether oxygens (including phenoxy) is 1. The molecule has 5 aliphatic rings. The van der Waals surface area contributed by atoms with Crippen molar-refractivity contribution < 1.29 is 17.9 Å². The molecule has 0 radical (unpaired) electrons. The molecule has 7 rings (SSSR count). The van der Waals surface area contributed by atoms with Crippen LogP contribution in [0.4, 0.5) is 13.2 Å². The molecule has 2 aromatic rings. The predicted molar refractivity (Wildman–Crippen MR) is 157 cm³/mol. The second-order valence-corrected chi connectivity index (χ2v) is 12.0. The van der Waals surface area contributed by atoms with Crippen molar-refractivity contribution in [2.75, 3.05) is 6.54 Å². The third-order valence-electron chi connectivity index (χ3n) is 9.44. The van der Waals surface area contributed by atoms with Crippen molar-refractivity contribution in [3.05, 3.63) is 101 Å². The van der Waals surface area contributed by atoms with Gasteiger partial charge in [-0.15, -0.1) is 0 Å². The van der Waals surface area contributed by atoms with E-state index in [-0.39, 0.29) is 12.6 Å². The fraction of sp³-hybridized carbons (Fsp3) is 0.400. The van der Waals surface area contributed by atoms with Crippen LogP contribution >= 0.6 is 0 Å². The minimum atomic E-state index is -4.33. The van der Waals surface area contributed by atoms with Crippen LogP contribution in [0.5, 0.6) is 5.75 Å². The van der Waals surface area contributed by atoms with Crippen molar-refractivity contribution in [1.82, 2.24) is 5.32 Å². The van der Waals surface area contributed by atoms with E-state index in [1.165, 1.54) is 42.2 Å². The molecule has 0 fully saturated rings. The van der Waals surface area contributed by atoms with Crippen LogP contribution < -0.4 is 10.1 Å². The van der Waals surface area contributed by atoms with Crippen LogP contribution in [0.15, 0.2) is 89.5 Å². The van der Waals surface area contributed by atoms with E-state index >= 15 is 0 Å². The molecule has 3 heterocycles. The minimum Gasteiger partial charge on any atom is -0.484 e.